The molecule has 0 aliphatic carbocycles. The van der Waals surface area contributed by atoms with E-state index in [-0.39, 0.29) is 0 Å². The normalized spacial score (nSPS) is 16.3. The molecule has 126 valence electrons. The van der Waals surface area contributed by atoms with Crippen LogP contribution in [0.5, 0.6) is 5.75 Å². The molecule has 23 heavy (non-hydrogen) atoms. The Labute approximate surface area is 156 Å². The molecule has 1 saturated heterocycles. The summed E-state index contributed by atoms with van der Waals surface area (Å²) in [6.07, 6.45) is 3.79. The molecule has 2 unspecified atom stereocenters. The maximum absolute atomic E-state index is 4.96. The van der Waals surface area contributed by atoms with E-state index >= 15 is 0 Å². The van der Waals surface area contributed by atoms with Gasteiger partial charge in [0.05, 0.1) is 7.11 Å². The van der Waals surface area contributed by atoms with Gasteiger partial charge in [-0.05, 0) is 17.4 Å². The van der Waals surface area contributed by atoms with E-state index in [4.69, 9.17) is 4.74 Å². The Morgan fingerprint density at radius 3 is 2.43 bits per heavy atom. The fourth-order valence-corrected chi connectivity index (χ4v) is 2.45. The zero-order valence-corrected chi connectivity index (χ0v) is 17.5. The van der Waals surface area contributed by atoms with Gasteiger partial charge in [-0.3, -0.25) is 0 Å². The standard InChI is InChI=1S/C11H13N.C7H9OP.ClH.Ir/c1-2-6-10(7-3-1)11-8-4-5-9-12-11;1-8-6-2-4-7(9)5-3-6;;/h1-3,6,11H,4-5,8-9H2;2-5H,9H2,1H3;1H;/q-2;;;+3/p-1. The van der Waals surface area contributed by atoms with E-state index in [2.05, 4.69) is 42.3 Å². The van der Waals surface area contributed by atoms with Crippen LogP contribution in [-0.2, 0) is 17.9 Å². The number of halogens is 1. The molecule has 2 atom stereocenters. The molecule has 0 N–H and O–H groups in total. The number of methoxy groups -OCH3 is 1. The fourth-order valence-electron chi connectivity index (χ4n) is 2.26. The number of ether oxygens (including phenoxy) is 1. The molecule has 1 fully saturated rings. The smallest absolute Gasteiger partial charge is 0.0561 e. The van der Waals surface area contributed by atoms with Crippen molar-refractivity contribution in [2.75, 3.05) is 13.7 Å². The van der Waals surface area contributed by atoms with Crippen molar-refractivity contribution in [2.45, 2.75) is 25.3 Å². The third kappa shape index (κ3) is 8.29. The Balaban J connectivity index is 0.000000215. The first-order chi connectivity index (χ1) is 11.3. The molecule has 1 aliphatic rings. The van der Waals surface area contributed by atoms with E-state index in [0.29, 0.717) is 6.04 Å². The van der Waals surface area contributed by atoms with Crippen LogP contribution in [0.25, 0.3) is 5.32 Å². The summed E-state index contributed by atoms with van der Waals surface area (Å²) in [6, 6.07) is 19.7. The van der Waals surface area contributed by atoms with Crippen LogP contribution in [0.1, 0.15) is 30.9 Å². The summed E-state index contributed by atoms with van der Waals surface area (Å²) in [4.78, 5) is 0. The van der Waals surface area contributed by atoms with Crippen LogP contribution in [0.2, 0.25) is 0 Å². The fraction of sp³-hybridized carbons (Fsp3) is 0.333. The first-order valence-electron chi connectivity index (χ1n) is 7.45. The Morgan fingerprint density at radius 2 is 1.91 bits per heavy atom. The largest absolute Gasteiger partial charge is 0.657 e. The molecule has 3 rings (SSSR count). The first kappa shape index (κ1) is 20.6. The summed E-state index contributed by atoms with van der Waals surface area (Å²) in [5.41, 5.74) is 1.26. The van der Waals surface area contributed by atoms with Gasteiger partial charge in [0.25, 0.3) is 0 Å². The molecule has 5 heteroatoms. The SMILES string of the molecule is COc1ccc(P)cc1.[Cl][Ir+2].[c-]1ccccc1C1CCCC[N-]1. The molecule has 0 spiro atoms. The van der Waals surface area contributed by atoms with Crippen molar-refractivity contribution >= 4 is 24.1 Å². The summed E-state index contributed by atoms with van der Waals surface area (Å²) >= 11 is 1.47. The average molecular weight is 527 g/mol. The van der Waals surface area contributed by atoms with Gasteiger partial charge < -0.3 is 10.1 Å². The Morgan fingerprint density at radius 1 is 1.17 bits per heavy atom. The van der Waals surface area contributed by atoms with Gasteiger partial charge in [0.15, 0.2) is 0 Å². The van der Waals surface area contributed by atoms with E-state index < -0.39 is 0 Å². The van der Waals surface area contributed by atoms with Crippen molar-refractivity contribution < 1.29 is 22.6 Å². The summed E-state index contributed by atoms with van der Waals surface area (Å²) < 4.78 is 4.96. The van der Waals surface area contributed by atoms with Crippen molar-refractivity contribution in [1.82, 2.24) is 0 Å². The number of nitrogens with zero attached hydrogens (tertiary/aromatic N) is 1. The van der Waals surface area contributed by atoms with Crippen LogP contribution in [0.15, 0.2) is 48.5 Å². The van der Waals surface area contributed by atoms with Crippen LogP contribution in [0, 0.1) is 6.07 Å². The predicted molar refractivity (Wildman–Crippen MR) is 98.3 cm³/mol. The minimum Gasteiger partial charge on any atom is -0.657 e. The minimum absolute atomic E-state index is 0.431. The van der Waals surface area contributed by atoms with Crippen LogP contribution >= 0.6 is 18.8 Å². The summed E-state index contributed by atoms with van der Waals surface area (Å²) in [5, 5.41) is 5.75. The van der Waals surface area contributed by atoms with Crippen molar-refractivity contribution in [3.8, 4) is 5.75 Å². The monoisotopic (exact) mass is 527 g/mol. The maximum atomic E-state index is 4.96. The van der Waals surface area contributed by atoms with Gasteiger partial charge in [-0.15, -0.1) is 21.8 Å². The number of piperidine rings is 1. The molecule has 0 bridgehead atoms. The summed E-state index contributed by atoms with van der Waals surface area (Å²) in [6.45, 7) is 1.04. The number of benzene rings is 2. The molecule has 0 aromatic heterocycles. The number of rotatable bonds is 2. The number of hydrogen-bond donors (Lipinski definition) is 0. The van der Waals surface area contributed by atoms with E-state index in [0.717, 1.165) is 12.3 Å². The minimum atomic E-state index is 0.431. The molecule has 0 amide bonds. The van der Waals surface area contributed by atoms with Crippen LogP contribution < -0.4 is 10.0 Å². The number of hydrogen-bond acceptors (Lipinski definition) is 1. The van der Waals surface area contributed by atoms with Gasteiger partial charge in [-0.25, -0.2) is 0 Å². The molecule has 2 nitrogen and oxygen atoms in total. The van der Waals surface area contributed by atoms with Crippen molar-refractivity contribution in [2.24, 2.45) is 0 Å². The van der Waals surface area contributed by atoms with E-state index in [1.807, 2.05) is 36.4 Å². The van der Waals surface area contributed by atoms with Gasteiger partial charge in [0.2, 0.25) is 0 Å². The Hall–Kier alpha value is -0.431. The summed E-state index contributed by atoms with van der Waals surface area (Å²) in [5.74, 6) is 0.904. The predicted octanol–water partition coefficient (Wildman–Crippen LogP) is 4.97. The zero-order valence-electron chi connectivity index (χ0n) is 13.2. The van der Waals surface area contributed by atoms with Crippen LogP contribution in [0.3, 0.4) is 0 Å². The molecule has 2 aromatic rings. The average Bonchev–Trinajstić information content (AvgIpc) is 2.66. The molecular weight excluding hydrogens is 505 g/mol. The van der Waals surface area contributed by atoms with Crippen LogP contribution in [0.4, 0.5) is 0 Å². The quantitative estimate of drug-likeness (QED) is 0.400. The van der Waals surface area contributed by atoms with Gasteiger partial charge in [0.1, 0.15) is 5.75 Å². The van der Waals surface area contributed by atoms with Crippen molar-refractivity contribution in [3.05, 3.63) is 65.5 Å². The van der Waals surface area contributed by atoms with Gasteiger partial charge in [0, 0.05) is 0 Å². The van der Waals surface area contributed by atoms with Gasteiger partial charge >= 0.3 is 27.5 Å². The Bertz CT molecular complexity index is 518. The third-order valence-corrected chi connectivity index (χ3v) is 3.83. The second-order valence-electron chi connectivity index (χ2n) is 5.01. The maximum Gasteiger partial charge on any atom is -0.0561 e. The topological polar surface area (TPSA) is 23.3 Å². The second kappa shape index (κ2) is 12.9. The Kier molecular flexibility index (Phi) is 11.6. The van der Waals surface area contributed by atoms with Crippen molar-refractivity contribution in [3.63, 3.8) is 0 Å². The summed E-state index contributed by atoms with van der Waals surface area (Å²) in [7, 11) is 8.92. The van der Waals surface area contributed by atoms with E-state index in [9.17, 15) is 0 Å². The molecular formula is C18H22ClIrNOP. The molecule has 2 aromatic carbocycles. The van der Waals surface area contributed by atoms with Gasteiger partial charge in [-0.1, -0.05) is 31.4 Å². The van der Waals surface area contributed by atoms with E-state index in [1.165, 1.54) is 48.0 Å². The van der Waals surface area contributed by atoms with E-state index in [1.54, 1.807) is 7.11 Å². The third-order valence-electron chi connectivity index (χ3n) is 3.44. The molecule has 0 saturated carbocycles. The first-order valence-corrected chi connectivity index (χ1v) is 11.0. The molecule has 0 radical (unpaired) electrons. The van der Waals surface area contributed by atoms with Crippen LogP contribution in [-0.4, -0.2) is 13.7 Å². The van der Waals surface area contributed by atoms with Gasteiger partial charge in [-0.2, -0.15) is 35.9 Å². The molecule has 1 aliphatic heterocycles. The second-order valence-corrected chi connectivity index (χ2v) is 5.68. The zero-order chi connectivity index (χ0) is 16.9. The molecule has 1 heterocycles. The van der Waals surface area contributed by atoms with Crippen molar-refractivity contribution in [1.29, 1.82) is 0 Å².